The number of aliphatic hydroxyl groups is 1. The van der Waals surface area contributed by atoms with E-state index in [0.717, 1.165) is 67.2 Å². The van der Waals surface area contributed by atoms with Crippen molar-refractivity contribution in [2.75, 3.05) is 18.5 Å². The first-order valence-corrected chi connectivity index (χ1v) is 14.0. The molecule has 4 fully saturated rings. The fourth-order valence-electron chi connectivity index (χ4n) is 9.13. The highest BCUT2D eigenvalue weighted by Gasteiger charge is 2.59. The molecule has 5 heteroatoms. The van der Waals surface area contributed by atoms with Gasteiger partial charge in [0.2, 0.25) is 5.91 Å². The van der Waals surface area contributed by atoms with Crippen LogP contribution in [0.1, 0.15) is 82.8 Å². The van der Waals surface area contributed by atoms with Crippen molar-refractivity contribution in [3.63, 3.8) is 0 Å². The third-order valence-corrected chi connectivity index (χ3v) is 10.7. The predicted octanol–water partition coefficient (Wildman–Crippen LogP) is 6.42. The smallest absolute Gasteiger partial charge is 0.228 e. The summed E-state index contributed by atoms with van der Waals surface area (Å²) in [6, 6.07) is 3.01. The molecule has 0 bridgehead atoms. The van der Waals surface area contributed by atoms with Crippen molar-refractivity contribution in [3.05, 3.63) is 29.1 Å². The van der Waals surface area contributed by atoms with Gasteiger partial charge in [0, 0.05) is 18.2 Å². The van der Waals surface area contributed by atoms with Crippen molar-refractivity contribution in [1.29, 1.82) is 0 Å². The Kier molecular flexibility index (Phi) is 6.80. The molecule has 1 aromatic rings. The summed E-state index contributed by atoms with van der Waals surface area (Å²) in [6.07, 6.45) is 9.74. The number of ether oxygens (including phenoxy) is 1. The summed E-state index contributed by atoms with van der Waals surface area (Å²) in [7, 11) is 0. The molecule has 4 aliphatic carbocycles. The van der Waals surface area contributed by atoms with Crippen molar-refractivity contribution >= 4 is 11.6 Å². The molecule has 35 heavy (non-hydrogen) atoms. The number of halogens is 1. The minimum absolute atomic E-state index is 0.0256. The van der Waals surface area contributed by atoms with Crippen LogP contribution in [0.3, 0.4) is 0 Å². The standard InChI is InChI=1S/C30H44FNO3/c1-5-35-17-30(34)13-11-22-20(16-30)6-7-24-23(22)10-12-29(4)25(24)8-9-26(29)28(33)32-27-18(2)14-21(31)15-19(27)3/h14-15,20,22-26,34H,5-13,16-17H2,1-4H3,(H,32,33)/t20?,22?,23?,24?,25?,26-,29?,30-/m1/s1. The fraction of sp³-hybridized carbons (Fsp3) is 0.767. The minimum atomic E-state index is -0.639. The summed E-state index contributed by atoms with van der Waals surface area (Å²) in [5.74, 6) is 3.29. The molecule has 194 valence electrons. The lowest BCUT2D eigenvalue weighted by Gasteiger charge is -2.57. The van der Waals surface area contributed by atoms with Gasteiger partial charge in [-0.2, -0.15) is 0 Å². The van der Waals surface area contributed by atoms with Crippen LogP contribution in [-0.4, -0.2) is 29.8 Å². The van der Waals surface area contributed by atoms with E-state index in [4.69, 9.17) is 4.74 Å². The number of benzene rings is 1. The molecule has 0 aromatic heterocycles. The maximum atomic E-state index is 13.8. The van der Waals surface area contributed by atoms with E-state index >= 15 is 0 Å². The molecule has 0 spiro atoms. The summed E-state index contributed by atoms with van der Waals surface area (Å²) in [5, 5.41) is 14.3. The normalized spacial score (nSPS) is 40.5. The number of carbonyl (C=O) groups excluding carboxylic acids is 1. The van der Waals surface area contributed by atoms with Crippen molar-refractivity contribution in [2.24, 2.45) is 40.9 Å². The molecular weight excluding hydrogens is 441 g/mol. The van der Waals surface area contributed by atoms with Crippen molar-refractivity contribution in [1.82, 2.24) is 0 Å². The number of carbonyl (C=O) groups is 1. The number of aryl methyl sites for hydroxylation is 2. The van der Waals surface area contributed by atoms with Crippen molar-refractivity contribution in [3.8, 4) is 0 Å². The van der Waals surface area contributed by atoms with E-state index in [1.165, 1.54) is 31.4 Å². The maximum absolute atomic E-state index is 13.8. The van der Waals surface area contributed by atoms with Crippen LogP contribution in [0.5, 0.6) is 0 Å². The average molecular weight is 486 g/mol. The number of amides is 1. The lowest BCUT2D eigenvalue weighted by atomic mass is 9.49. The molecule has 4 nitrogen and oxygen atoms in total. The second-order valence-electron chi connectivity index (χ2n) is 12.6. The number of rotatable bonds is 5. The third kappa shape index (κ3) is 4.45. The van der Waals surface area contributed by atoms with Gasteiger partial charge in [0.05, 0.1) is 12.2 Å². The first-order chi connectivity index (χ1) is 16.6. The average Bonchev–Trinajstić information content (AvgIpc) is 3.17. The van der Waals surface area contributed by atoms with E-state index in [9.17, 15) is 14.3 Å². The van der Waals surface area contributed by atoms with Gasteiger partial charge in [-0.3, -0.25) is 4.79 Å². The minimum Gasteiger partial charge on any atom is -0.387 e. The quantitative estimate of drug-likeness (QED) is 0.506. The van der Waals surface area contributed by atoms with Crippen LogP contribution >= 0.6 is 0 Å². The van der Waals surface area contributed by atoms with E-state index in [1.807, 2.05) is 20.8 Å². The molecular formula is C30H44FNO3. The third-order valence-electron chi connectivity index (χ3n) is 10.7. The Bertz CT molecular complexity index is 942. The van der Waals surface area contributed by atoms with Crippen molar-refractivity contribution in [2.45, 2.75) is 91.1 Å². The molecule has 0 saturated heterocycles. The predicted molar refractivity (Wildman–Crippen MR) is 137 cm³/mol. The Balaban J connectivity index is 1.28. The van der Waals surface area contributed by atoms with E-state index in [0.29, 0.717) is 31.0 Å². The van der Waals surface area contributed by atoms with Crippen LogP contribution in [0, 0.1) is 60.6 Å². The van der Waals surface area contributed by atoms with Gasteiger partial charge in [0.15, 0.2) is 0 Å². The van der Waals surface area contributed by atoms with Crippen LogP contribution in [0.25, 0.3) is 0 Å². The molecule has 8 atom stereocenters. The molecule has 4 saturated carbocycles. The van der Waals surface area contributed by atoms with E-state index < -0.39 is 5.60 Å². The van der Waals surface area contributed by atoms with Crippen molar-refractivity contribution < 1.29 is 19.0 Å². The number of hydrogen-bond donors (Lipinski definition) is 2. The van der Waals surface area contributed by atoms with Crippen LogP contribution in [-0.2, 0) is 9.53 Å². The molecule has 4 aliphatic rings. The van der Waals surface area contributed by atoms with Gasteiger partial charge in [-0.05, 0) is 137 Å². The molecule has 0 heterocycles. The lowest BCUT2D eigenvalue weighted by Crippen LogP contribution is -2.52. The van der Waals surface area contributed by atoms with Crippen LogP contribution in [0.4, 0.5) is 10.1 Å². The summed E-state index contributed by atoms with van der Waals surface area (Å²) >= 11 is 0. The molecule has 1 amide bonds. The van der Waals surface area contributed by atoms with Gasteiger partial charge in [-0.15, -0.1) is 0 Å². The van der Waals surface area contributed by atoms with Gasteiger partial charge < -0.3 is 15.2 Å². The summed E-state index contributed by atoms with van der Waals surface area (Å²) in [6.45, 7) is 9.25. The van der Waals surface area contributed by atoms with Gasteiger partial charge in [0.25, 0.3) is 0 Å². The van der Waals surface area contributed by atoms with Crippen LogP contribution in [0.15, 0.2) is 12.1 Å². The Morgan fingerprint density at radius 2 is 1.77 bits per heavy atom. The topological polar surface area (TPSA) is 58.6 Å². The highest BCUT2D eigenvalue weighted by molar-refractivity contribution is 5.94. The van der Waals surface area contributed by atoms with Gasteiger partial charge in [0.1, 0.15) is 5.82 Å². The van der Waals surface area contributed by atoms with Gasteiger partial charge >= 0.3 is 0 Å². The number of anilines is 1. The van der Waals surface area contributed by atoms with Gasteiger partial charge in [-0.1, -0.05) is 6.92 Å². The zero-order valence-electron chi connectivity index (χ0n) is 22.0. The fourth-order valence-corrected chi connectivity index (χ4v) is 9.13. The van der Waals surface area contributed by atoms with Crippen LogP contribution in [0.2, 0.25) is 0 Å². The summed E-state index contributed by atoms with van der Waals surface area (Å²) in [4.78, 5) is 13.6. The maximum Gasteiger partial charge on any atom is 0.228 e. The number of hydrogen-bond acceptors (Lipinski definition) is 3. The first kappa shape index (κ1) is 25.2. The summed E-state index contributed by atoms with van der Waals surface area (Å²) in [5.41, 5.74) is 1.77. The number of nitrogens with one attached hydrogen (secondary N) is 1. The molecule has 0 aliphatic heterocycles. The van der Waals surface area contributed by atoms with Crippen LogP contribution < -0.4 is 5.32 Å². The Morgan fingerprint density at radius 1 is 1.06 bits per heavy atom. The second kappa shape index (κ2) is 9.45. The Hall–Kier alpha value is -1.46. The largest absolute Gasteiger partial charge is 0.387 e. The Morgan fingerprint density at radius 3 is 2.49 bits per heavy atom. The lowest BCUT2D eigenvalue weighted by molar-refractivity contribution is -0.135. The highest BCUT2D eigenvalue weighted by Crippen LogP contribution is 2.64. The SMILES string of the molecule is CCOC[C@@]1(O)CCC2C(CCC3C2CCC2(C)C3CC[C@@H]2C(=O)Nc2c(C)cc(F)cc2C)C1. The molecule has 0 radical (unpaired) electrons. The summed E-state index contributed by atoms with van der Waals surface area (Å²) < 4.78 is 19.4. The first-order valence-electron chi connectivity index (χ1n) is 14.0. The zero-order valence-corrected chi connectivity index (χ0v) is 22.0. The van der Waals surface area contributed by atoms with E-state index in [1.54, 1.807) is 0 Å². The van der Waals surface area contributed by atoms with Gasteiger partial charge in [-0.25, -0.2) is 4.39 Å². The monoisotopic (exact) mass is 485 g/mol. The van der Waals surface area contributed by atoms with E-state index in [-0.39, 0.29) is 23.1 Å². The van der Waals surface area contributed by atoms with E-state index in [2.05, 4.69) is 12.2 Å². The second-order valence-corrected chi connectivity index (χ2v) is 12.6. The molecule has 1 aromatic carbocycles. The highest BCUT2D eigenvalue weighted by atomic mass is 19.1. The molecule has 6 unspecified atom stereocenters. The molecule has 2 N–H and O–H groups in total. The Labute approximate surface area is 210 Å². The molecule has 5 rings (SSSR count). The zero-order chi connectivity index (χ0) is 25.0. The number of fused-ring (bicyclic) bond motifs is 5.